The van der Waals surface area contributed by atoms with Gasteiger partial charge < -0.3 is 11.1 Å². The van der Waals surface area contributed by atoms with E-state index in [9.17, 15) is 17.6 Å². The number of hydrogen-bond donors (Lipinski definition) is 2. The van der Waals surface area contributed by atoms with Crippen molar-refractivity contribution in [2.45, 2.75) is 12.2 Å². The summed E-state index contributed by atoms with van der Waals surface area (Å²) < 4.78 is 51.3. The van der Waals surface area contributed by atoms with Crippen LogP contribution >= 0.6 is 0 Å². The van der Waals surface area contributed by atoms with Gasteiger partial charge in [0.2, 0.25) is 0 Å². The fourth-order valence-electron chi connectivity index (χ4n) is 1.62. The number of nitrogens with one attached hydrogen (secondary N) is 1. The first-order valence-corrected chi connectivity index (χ1v) is 5.31. The number of nitrogens with two attached hydrogens (primary N) is 1. The quantitative estimate of drug-likeness (QED) is 0.632. The van der Waals surface area contributed by atoms with Crippen LogP contribution in [0.1, 0.15) is 17.2 Å². The van der Waals surface area contributed by atoms with E-state index in [0.717, 1.165) is 12.1 Å². The van der Waals surface area contributed by atoms with Crippen molar-refractivity contribution in [2.75, 3.05) is 13.1 Å². The van der Waals surface area contributed by atoms with Gasteiger partial charge in [-0.25, -0.2) is 4.39 Å². The second-order valence-electron chi connectivity index (χ2n) is 3.71. The van der Waals surface area contributed by atoms with Crippen LogP contribution in [0.25, 0.3) is 0 Å². The normalized spacial score (nSPS) is 13.4. The molecule has 0 aliphatic heterocycles. The van der Waals surface area contributed by atoms with Crippen molar-refractivity contribution in [1.82, 2.24) is 5.32 Å². The molecular weight excluding hydrogens is 248 g/mol. The maximum Gasteiger partial charge on any atom is 0.416 e. The van der Waals surface area contributed by atoms with Crippen molar-refractivity contribution in [3.63, 3.8) is 0 Å². The topological polar surface area (TPSA) is 38.0 Å². The van der Waals surface area contributed by atoms with E-state index in [1.807, 2.05) is 0 Å². The first-order valence-electron chi connectivity index (χ1n) is 5.31. The van der Waals surface area contributed by atoms with Crippen LogP contribution in [0.5, 0.6) is 0 Å². The van der Waals surface area contributed by atoms with E-state index in [2.05, 4.69) is 11.9 Å². The van der Waals surface area contributed by atoms with Crippen LogP contribution < -0.4 is 11.1 Å². The summed E-state index contributed by atoms with van der Waals surface area (Å²) in [4.78, 5) is 0. The van der Waals surface area contributed by atoms with Crippen LogP contribution in [-0.2, 0) is 6.18 Å². The molecule has 1 aromatic rings. The van der Waals surface area contributed by atoms with Gasteiger partial charge in [-0.2, -0.15) is 13.2 Å². The minimum atomic E-state index is -4.61. The molecule has 6 heteroatoms. The highest BCUT2D eigenvalue weighted by Gasteiger charge is 2.35. The predicted octanol–water partition coefficient (Wildman–Crippen LogP) is 2.62. The number of alkyl halides is 3. The molecule has 0 saturated carbocycles. The van der Waals surface area contributed by atoms with Crippen molar-refractivity contribution in [2.24, 2.45) is 5.73 Å². The Morgan fingerprint density at radius 3 is 2.56 bits per heavy atom. The summed E-state index contributed by atoms with van der Waals surface area (Å²) in [6, 6.07) is 1.88. The number of rotatable bonds is 5. The molecule has 0 heterocycles. The molecule has 100 valence electrons. The van der Waals surface area contributed by atoms with Gasteiger partial charge in [0, 0.05) is 19.1 Å². The largest absolute Gasteiger partial charge is 0.416 e. The average Bonchev–Trinajstić information content (AvgIpc) is 2.30. The Hall–Kier alpha value is -1.40. The van der Waals surface area contributed by atoms with Gasteiger partial charge in [-0.15, -0.1) is 6.58 Å². The van der Waals surface area contributed by atoms with Crippen LogP contribution in [-0.4, -0.2) is 13.1 Å². The summed E-state index contributed by atoms with van der Waals surface area (Å²) in [5.41, 5.74) is 4.37. The zero-order chi connectivity index (χ0) is 13.8. The molecule has 1 rings (SSSR count). The zero-order valence-electron chi connectivity index (χ0n) is 9.60. The first-order chi connectivity index (χ1) is 8.40. The Bertz CT molecular complexity index is 415. The van der Waals surface area contributed by atoms with E-state index >= 15 is 0 Å². The van der Waals surface area contributed by atoms with Gasteiger partial charge in [0.25, 0.3) is 0 Å². The molecule has 0 spiro atoms. The fraction of sp³-hybridized carbons (Fsp3) is 0.333. The van der Waals surface area contributed by atoms with Gasteiger partial charge in [0.1, 0.15) is 5.82 Å². The van der Waals surface area contributed by atoms with Gasteiger partial charge in [-0.05, 0) is 17.7 Å². The molecule has 0 aromatic heterocycles. The molecule has 0 radical (unpaired) electrons. The third-order valence-electron chi connectivity index (χ3n) is 2.44. The third kappa shape index (κ3) is 3.54. The molecule has 0 saturated heterocycles. The molecule has 0 aliphatic rings. The minimum Gasteiger partial charge on any atom is -0.329 e. The summed E-state index contributed by atoms with van der Waals surface area (Å²) in [5.74, 6) is -0.925. The number of halogens is 4. The van der Waals surface area contributed by atoms with E-state index in [1.54, 1.807) is 0 Å². The van der Waals surface area contributed by atoms with Gasteiger partial charge >= 0.3 is 6.18 Å². The monoisotopic (exact) mass is 262 g/mol. The second-order valence-corrected chi connectivity index (χ2v) is 3.71. The number of hydrogen-bond acceptors (Lipinski definition) is 2. The van der Waals surface area contributed by atoms with Crippen LogP contribution in [0.3, 0.4) is 0 Å². The predicted molar refractivity (Wildman–Crippen MR) is 61.4 cm³/mol. The van der Waals surface area contributed by atoms with E-state index in [-0.39, 0.29) is 12.1 Å². The van der Waals surface area contributed by atoms with Crippen molar-refractivity contribution in [1.29, 1.82) is 0 Å². The molecule has 0 amide bonds. The zero-order valence-corrected chi connectivity index (χ0v) is 9.60. The van der Waals surface area contributed by atoms with Crippen molar-refractivity contribution < 1.29 is 17.6 Å². The van der Waals surface area contributed by atoms with E-state index < -0.39 is 23.6 Å². The molecule has 1 unspecified atom stereocenters. The molecule has 0 aliphatic carbocycles. The van der Waals surface area contributed by atoms with Crippen molar-refractivity contribution in [3.05, 3.63) is 47.8 Å². The molecule has 1 aromatic carbocycles. The molecule has 18 heavy (non-hydrogen) atoms. The maximum atomic E-state index is 12.9. The van der Waals surface area contributed by atoms with Gasteiger partial charge in [0.15, 0.2) is 0 Å². The summed E-state index contributed by atoms with van der Waals surface area (Å²) in [6.45, 7) is 3.75. The Morgan fingerprint density at radius 2 is 2.06 bits per heavy atom. The Morgan fingerprint density at radius 1 is 1.39 bits per heavy atom. The summed E-state index contributed by atoms with van der Waals surface area (Å²) in [5, 5.41) is 2.80. The highest BCUT2D eigenvalue weighted by molar-refractivity contribution is 5.33. The van der Waals surface area contributed by atoms with Crippen LogP contribution in [0.2, 0.25) is 0 Å². The minimum absolute atomic E-state index is 0.0252. The fourth-order valence-corrected chi connectivity index (χ4v) is 1.62. The van der Waals surface area contributed by atoms with Crippen molar-refractivity contribution >= 4 is 0 Å². The lowest BCUT2D eigenvalue weighted by Crippen LogP contribution is -2.30. The van der Waals surface area contributed by atoms with Gasteiger partial charge in [0.05, 0.1) is 5.56 Å². The van der Waals surface area contributed by atoms with E-state index in [0.29, 0.717) is 12.6 Å². The Balaban J connectivity index is 3.16. The van der Waals surface area contributed by atoms with Crippen LogP contribution in [0.4, 0.5) is 17.6 Å². The summed E-state index contributed by atoms with van der Waals surface area (Å²) >= 11 is 0. The summed E-state index contributed by atoms with van der Waals surface area (Å²) in [6.07, 6.45) is -3.10. The SMILES string of the molecule is C=CCNC(CN)c1ccc(F)cc1C(F)(F)F. The van der Waals surface area contributed by atoms with E-state index in [1.165, 1.54) is 6.08 Å². The molecule has 3 N–H and O–H groups in total. The number of benzene rings is 1. The third-order valence-corrected chi connectivity index (χ3v) is 2.44. The summed E-state index contributed by atoms with van der Waals surface area (Å²) in [7, 11) is 0. The first kappa shape index (κ1) is 14.7. The lowest BCUT2D eigenvalue weighted by Gasteiger charge is -2.21. The molecule has 1 atom stereocenters. The van der Waals surface area contributed by atoms with Crippen LogP contribution in [0.15, 0.2) is 30.9 Å². The van der Waals surface area contributed by atoms with Gasteiger partial charge in [-0.3, -0.25) is 0 Å². The standard InChI is InChI=1S/C12H14F4N2/c1-2-5-18-11(7-17)9-4-3-8(13)6-10(9)12(14,15)16/h2-4,6,11,18H,1,5,7,17H2. The van der Waals surface area contributed by atoms with Crippen molar-refractivity contribution in [3.8, 4) is 0 Å². The Labute approximate surface area is 102 Å². The molecule has 0 bridgehead atoms. The molecule has 0 fully saturated rings. The molecular formula is C12H14F4N2. The van der Waals surface area contributed by atoms with E-state index in [4.69, 9.17) is 5.73 Å². The second kappa shape index (κ2) is 5.97. The van der Waals surface area contributed by atoms with Crippen LogP contribution in [0, 0.1) is 5.82 Å². The average molecular weight is 262 g/mol. The molecule has 2 nitrogen and oxygen atoms in total. The smallest absolute Gasteiger partial charge is 0.329 e. The highest BCUT2D eigenvalue weighted by atomic mass is 19.4. The van der Waals surface area contributed by atoms with Gasteiger partial charge in [-0.1, -0.05) is 12.1 Å². The maximum absolute atomic E-state index is 12.9. The lowest BCUT2D eigenvalue weighted by molar-refractivity contribution is -0.138. The lowest BCUT2D eigenvalue weighted by atomic mass is 9.99. The Kier molecular flexibility index (Phi) is 4.86. The highest BCUT2D eigenvalue weighted by Crippen LogP contribution is 2.34.